The van der Waals surface area contributed by atoms with Gasteiger partial charge in [-0.15, -0.1) is 0 Å². The van der Waals surface area contributed by atoms with E-state index in [9.17, 15) is 8.78 Å². The summed E-state index contributed by atoms with van der Waals surface area (Å²) in [6, 6.07) is 3.39. The summed E-state index contributed by atoms with van der Waals surface area (Å²) in [6.07, 6.45) is 0. The van der Waals surface area contributed by atoms with Crippen LogP contribution in [0, 0.1) is 18.6 Å². The molecule has 1 aromatic heterocycles. The summed E-state index contributed by atoms with van der Waals surface area (Å²) in [5, 5.41) is 0. The Bertz CT molecular complexity index is 546. The Morgan fingerprint density at radius 3 is 2.50 bits per heavy atom. The highest BCUT2D eigenvalue weighted by atomic mass is 19.1. The third-order valence-electron chi connectivity index (χ3n) is 2.60. The van der Waals surface area contributed by atoms with Gasteiger partial charge in [0.1, 0.15) is 11.6 Å². The van der Waals surface area contributed by atoms with Gasteiger partial charge in [0.2, 0.25) is 5.95 Å². The average Bonchev–Trinajstić information content (AvgIpc) is 2.46. The molecule has 2 aromatic rings. The molecule has 0 fully saturated rings. The summed E-state index contributed by atoms with van der Waals surface area (Å²) < 4.78 is 27.9. The predicted molar refractivity (Wildman–Crippen MR) is 57.7 cm³/mol. The van der Waals surface area contributed by atoms with E-state index in [1.807, 2.05) is 0 Å². The normalized spacial score (nSPS) is 10.8. The van der Waals surface area contributed by atoms with Crippen molar-refractivity contribution >= 4 is 5.95 Å². The van der Waals surface area contributed by atoms with Crippen molar-refractivity contribution in [1.29, 1.82) is 0 Å². The minimum Gasteiger partial charge on any atom is -0.369 e. The van der Waals surface area contributed by atoms with E-state index < -0.39 is 11.6 Å². The summed E-state index contributed by atoms with van der Waals surface area (Å²) in [5.41, 5.74) is 7.05. The van der Waals surface area contributed by atoms with Crippen LogP contribution in [0.3, 0.4) is 0 Å². The summed E-state index contributed by atoms with van der Waals surface area (Å²) >= 11 is 0. The van der Waals surface area contributed by atoms with Gasteiger partial charge in [0.25, 0.3) is 0 Å². The van der Waals surface area contributed by atoms with Gasteiger partial charge >= 0.3 is 0 Å². The Hall–Kier alpha value is -1.91. The lowest BCUT2D eigenvalue weighted by atomic mass is 10.1. The molecule has 0 bridgehead atoms. The van der Waals surface area contributed by atoms with E-state index in [0.29, 0.717) is 11.6 Å². The van der Waals surface area contributed by atoms with Gasteiger partial charge in [-0.25, -0.2) is 13.8 Å². The van der Waals surface area contributed by atoms with Crippen LogP contribution in [0.15, 0.2) is 18.2 Å². The summed E-state index contributed by atoms with van der Waals surface area (Å²) in [7, 11) is 1.74. The highest BCUT2D eigenvalue weighted by Gasteiger charge is 2.14. The zero-order chi connectivity index (χ0) is 11.9. The molecule has 0 atom stereocenters. The molecule has 1 heterocycles. The topological polar surface area (TPSA) is 43.8 Å². The first-order chi connectivity index (χ1) is 7.50. The number of hydrogen-bond acceptors (Lipinski definition) is 2. The Kier molecular flexibility index (Phi) is 2.38. The van der Waals surface area contributed by atoms with E-state index in [4.69, 9.17) is 5.73 Å². The third-order valence-corrected chi connectivity index (χ3v) is 2.60. The van der Waals surface area contributed by atoms with Gasteiger partial charge < -0.3 is 10.3 Å². The van der Waals surface area contributed by atoms with Crippen molar-refractivity contribution in [2.75, 3.05) is 5.73 Å². The summed E-state index contributed by atoms with van der Waals surface area (Å²) in [5.74, 6) is -0.944. The molecule has 3 nitrogen and oxygen atoms in total. The minimum absolute atomic E-state index is 0.256. The van der Waals surface area contributed by atoms with Crippen molar-refractivity contribution in [3.8, 4) is 11.3 Å². The molecule has 5 heteroatoms. The molecule has 0 saturated carbocycles. The number of rotatable bonds is 1. The van der Waals surface area contributed by atoms with Crippen LogP contribution in [0.5, 0.6) is 0 Å². The molecular weight excluding hydrogens is 212 g/mol. The van der Waals surface area contributed by atoms with Crippen LogP contribution in [0.2, 0.25) is 0 Å². The molecular formula is C11H11F2N3. The highest BCUT2D eigenvalue weighted by molar-refractivity contribution is 5.64. The van der Waals surface area contributed by atoms with Crippen molar-refractivity contribution in [3.63, 3.8) is 0 Å². The molecule has 0 aliphatic carbocycles. The quantitative estimate of drug-likeness (QED) is 0.805. The van der Waals surface area contributed by atoms with E-state index in [-0.39, 0.29) is 5.56 Å². The van der Waals surface area contributed by atoms with Gasteiger partial charge in [-0.05, 0) is 19.1 Å². The number of anilines is 1. The lowest BCUT2D eigenvalue weighted by Gasteiger charge is -2.02. The van der Waals surface area contributed by atoms with Crippen molar-refractivity contribution in [2.45, 2.75) is 6.92 Å². The van der Waals surface area contributed by atoms with E-state index in [2.05, 4.69) is 4.98 Å². The maximum Gasteiger partial charge on any atom is 0.200 e. The molecule has 0 spiro atoms. The number of benzene rings is 1. The zero-order valence-corrected chi connectivity index (χ0v) is 8.96. The van der Waals surface area contributed by atoms with Crippen LogP contribution < -0.4 is 5.73 Å². The number of nitrogen functional groups attached to an aromatic ring is 1. The van der Waals surface area contributed by atoms with E-state index in [1.54, 1.807) is 18.5 Å². The monoisotopic (exact) mass is 223 g/mol. The molecule has 84 valence electrons. The van der Waals surface area contributed by atoms with Crippen molar-refractivity contribution < 1.29 is 8.78 Å². The summed E-state index contributed by atoms with van der Waals surface area (Å²) in [4.78, 5) is 4.05. The number of imidazole rings is 1. The first-order valence-corrected chi connectivity index (χ1v) is 4.75. The lowest BCUT2D eigenvalue weighted by molar-refractivity contribution is 0.585. The van der Waals surface area contributed by atoms with Crippen molar-refractivity contribution in [2.24, 2.45) is 7.05 Å². The maximum absolute atomic E-state index is 13.5. The maximum atomic E-state index is 13.5. The van der Waals surface area contributed by atoms with E-state index in [0.717, 1.165) is 11.8 Å². The van der Waals surface area contributed by atoms with Gasteiger partial charge in [-0.3, -0.25) is 0 Å². The van der Waals surface area contributed by atoms with E-state index in [1.165, 1.54) is 12.1 Å². The number of hydrogen-bond donors (Lipinski definition) is 1. The molecule has 0 aliphatic rings. The molecule has 0 amide bonds. The molecule has 0 saturated heterocycles. The van der Waals surface area contributed by atoms with Gasteiger partial charge in [0, 0.05) is 24.4 Å². The number of halogens is 2. The fourth-order valence-electron chi connectivity index (χ4n) is 1.54. The number of aromatic nitrogens is 2. The third kappa shape index (κ3) is 1.54. The van der Waals surface area contributed by atoms with Crippen LogP contribution >= 0.6 is 0 Å². The smallest absolute Gasteiger partial charge is 0.200 e. The Balaban J connectivity index is 2.63. The van der Waals surface area contributed by atoms with Crippen LogP contribution in [-0.4, -0.2) is 9.55 Å². The molecule has 0 unspecified atom stereocenters. The van der Waals surface area contributed by atoms with Crippen LogP contribution in [0.4, 0.5) is 14.7 Å². The molecule has 0 radical (unpaired) electrons. The number of nitrogens with two attached hydrogens (primary N) is 1. The fraction of sp³-hybridized carbons (Fsp3) is 0.182. The minimum atomic E-state index is -0.638. The standard InChI is InChI=1S/C11H11F2N3/c1-6-10(15-11(14)16(6)2)8-4-3-7(12)5-9(8)13/h3-5H,1-2H3,(H2,14,15). The zero-order valence-electron chi connectivity index (χ0n) is 8.96. The fourth-order valence-corrected chi connectivity index (χ4v) is 1.54. The van der Waals surface area contributed by atoms with Crippen LogP contribution in [-0.2, 0) is 7.05 Å². The molecule has 2 N–H and O–H groups in total. The largest absolute Gasteiger partial charge is 0.369 e. The molecule has 16 heavy (non-hydrogen) atoms. The molecule has 1 aromatic carbocycles. The second-order valence-corrected chi connectivity index (χ2v) is 3.59. The lowest BCUT2D eigenvalue weighted by Crippen LogP contribution is -1.97. The predicted octanol–water partition coefficient (Wildman–Crippen LogP) is 2.26. The van der Waals surface area contributed by atoms with Gasteiger partial charge in [-0.2, -0.15) is 0 Å². The second kappa shape index (κ2) is 3.59. The van der Waals surface area contributed by atoms with Crippen molar-refractivity contribution in [3.05, 3.63) is 35.5 Å². The van der Waals surface area contributed by atoms with Gasteiger partial charge in [0.15, 0.2) is 0 Å². The first kappa shape index (κ1) is 10.6. The average molecular weight is 223 g/mol. The Morgan fingerprint density at radius 2 is 2.00 bits per heavy atom. The first-order valence-electron chi connectivity index (χ1n) is 4.75. The van der Waals surface area contributed by atoms with Crippen LogP contribution in [0.1, 0.15) is 5.69 Å². The highest BCUT2D eigenvalue weighted by Crippen LogP contribution is 2.26. The Labute approximate surface area is 91.5 Å². The van der Waals surface area contributed by atoms with Crippen molar-refractivity contribution in [1.82, 2.24) is 9.55 Å². The molecule has 2 rings (SSSR count). The van der Waals surface area contributed by atoms with E-state index >= 15 is 0 Å². The van der Waals surface area contributed by atoms with Gasteiger partial charge in [0.05, 0.1) is 5.69 Å². The SMILES string of the molecule is Cc1c(-c2ccc(F)cc2F)nc(N)n1C. The van der Waals surface area contributed by atoms with Gasteiger partial charge in [-0.1, -0.05) is 0 Å². The second-order valence-electron chi connectivity index (χ2n) is 3.59. The molecule has 0 aliphatic heterocycles. The van der Waals surface area contributed by atoms with Crippen LogP contribution in [0.25, 0.3) is 11.3 Å². The Morgan fingerprint density at radius 1 is 1.31 bits per heavy atom. The summed E-state index contributed by atoms with van der Waals surface area (Å²) in [6.45, 7) is 1.78. The number of nitrogens with zero attached hydrogens (tertiary/aromatic N) is 2.